The van der Waals surface area contributed by atoms with Gasteiger partial charge in [-0.1, -0.05) is 32.0 Å². The molecule has 0 aliphatic carbocycles. The number of hydrogen-bond acceptors (Lipinski definition) is 3. The second kappa shape index (κ2) is 8.96. The molecule has 2 amide bonds. The number of likely N-dealkylation sites (tertiary alicyclic amines) is 1. The lowest BCUT2D eigenvalue weighted by Gasteiger charge is -2.18. The lowest BCUT2D eigenvalue weighted by atomic mass is 10.1. The van der Waals surface area contributed by atoms with Crippen molar-refractivity contribution in [2.75, 3.05) is 25.4 Å². The molecule has 0 radical (unpaired) electrons. The maximum atomic E-state index is 12.2. The molecule has 23 heavy (non-hydrogen) atoms. The van der Waals surface area contributed by atoms with E-state index in [2.05, 4.69) is 31.3 Å². The van der Waals surface area contributed by atoms with E-state index in [1.807, 2.05) is 23.1 Å². The number of nitrogens with one attached hydrogen (secondary N) is 1. The van der Waals surface area contributed by atoms with Crippen molar-refractivity contribution >= 4 is 23.6 Å². The van der Waals surface area contributed by atoms with Crippen LogP contribution in [0.4, 0.5) is 0 Å². The highest BCUT2D eigenvalue weighted by Crippen LogP contribution is 2.20. The minimum absolute atomic E-state index is 0.0225. The SMILES string of the molecule is CC(C)CN1CC(C(=O)NCCCSc2ccccc2)CC1=O. The Hall–Kier alpha value is -1.49. The van der Waals surface area contributed by atoms with E-state index in [4.69, 9.17) is 0 Å². The minimum Gasteiger partial charge on any atom is -0.356 e. The molecule has 2 rings (SSSR count). The molecule has 0 saturated carbocycles. The van der Waals surface area contributed by atoms with E-state index in [9.17, 15) is 9.59 Å². The fourth-order valence-electron chi connectivity index (χ4n) is 2.70. The highest BCUT2D eigenvalue weighted by Gasteiger charge is 2.34. The van der Waals surface area contributed by atoms with E-state index >= 15 is 0 Å². The summed E-state index contributed by atoms with van der Waals surface area (Å²) in [6.07, 6.45) is 1.29. The highest BCUT2D eigenvalue weighted by atomic mass is 32.2. The second-order valence-corrected chi connectivity index (χ2v) is 7.57. The predicted octanol–water partition coefficient (Wildman–Crippen LogP) is 2.79. The number of hydrogen-bond donors (Lipinski definition) is 1. The Morgan fingerprint density at radius 3 is 2.78 bits per heavy atom. The van der Waals surface area contributed by atoms with Gasteiger partial charge in [-0.3, -0.25) is 9.59 Å². The highest BCUT2D eigenvalue weighted by molar-refractivity contribution is 7.99. The van der Waals surface area contributed by atoms with Gasteiger partial charge < -0.3 is 10.2 Å². The summed E-state index contributed by atoms with van der Waals surface area (Å²) < 4.78 is 0. The number of rotatable bonds is 8. The van der Waals surface area contributed by atoms with Crippen LogP contribution < -0.4 is 5.32 Å². The molecule has 5 heteroatoms. The van der Waals surface area contributed by atoms with Crippen molar-refractivity contribution in [3.05, 3.63) is 30.3 Å². The largest absolute Gasteiger partial charge is 0.356 e. The van der Waals surface area contributed by atoms with E-state index in [-0.39, 0.29) is 17.7 Å². The van der Waals surface area contributed by atoms with Gasteiger partial charge in [-0.15, -0.1) is 11.8 Å². The zero-order valence-electron chi connectivity index (χ0n) is 14.0. The summed E-state index contributed by atoms with van der Waals surface area (Å²) >= 11 is 1.80. The number of carbonyl (C=O) groups excluding carboxylic acids is 2. The summed E-state index contributed by atoms with van der Waals surface area (Å²) in [5.41, 5.74) is 0. The van der Waals surface area contributed by atoms with Gasteiger partial charge in [-0.2, -0.15) is 0 Å². The Labute approximate surface area is 143 Å². The maximum Gasteiger partial charge on any atom is 0.225 e. The van der Waals surface area contributed by atoms with Gasteiger partial charge in [0.2, 0.25) is 11.8 Å². The minimum atomic E-state index is -0.178. The fraction of sp³-hybridized carbons (Fsp3) is 0.556. The first-order chi connectivity index (χ1) is 11.1. The molecule has 1 aliphatic heterocycles. The van der Waals surface area contributed by atoms with Crippen LogP contribution in [0.1, 0.15) is 26.7 Å². The molecule has 0 bridgehead atoms. The van der Waals surface area contributed by atoms with E-state index in [0.717, 1.165) is 18.7 Å². The van der Waals surface area contributed by atoms with Crippen molar-refractivity contribution < 1.29 is 9.59 Å². The fourth-order valence-corrected chi connectivity index (χ4v) is 3.57. The lowest BCUT2D eigenvalue weighted by Crippen LogP contribution is -2.34. The molecule has 0 aromatic heterocycles. The van der Waals surface area contributed by atoms with Crippen molar-refractivity contribution in [2.24, 2.45) is 11.8 Å². The van der Waals surface area contributed by atoms with Gasteiger partial charge in [0.15, 0.2) is 0 Å². The van der Waals surface area contributed by atoms with Gasteiger partial charge in [0.05, 0.1) is 5.92 Å². The molecule has 1 aromatic carbocycles. The standard InChI is InChI=1S/C18H26N2O2S/c1-14(2)12-20-13-15(11-17(20)21)18(22)19-9-6-10-23-16-7-4-3-5-8-16/h3-5,7-8,14-15H,6,9-13H2,1-2H3,(H,19,22). The Morgan fingerprint density at radius 2 is 2.09 bits per heavy atom. The van der Waals surface area contributed by atoms with Gasteiger partial charge in [0, 0.05) is 31.0 Å². The molecule has 0 spiro atoms. The monoisotopic (exact) mass is 334 g/mol. The number of amides is 2. The third-order valence-electron chi connectivity index (χ3n) is 3.80. The van der Waals surface area contributed by atoms with Crippen molar-refractivity contribution in [1.29, 1.82) is 0 Å². The van der Waals surface area contributed by atoms with Gasteiger partial charge in [0.25, 0.3) is 0 Å². The van der Waals surface area contributed by atoms with Crippen LogP contribution in [0.3, 0.4) is 0 Å². The van der Waals surface area contributed by atoms with Crippen LogP contribution in [0.2, 0.25) is 0 Å². The third-order valence-corrected chi connectivity index (χ3v) is 4.90. The van der Waals surface area contributed by atoms with Crippen LogP contribution in [0, 0.1) is 11.8 Å². The summed E-state index contributed by atoms with van der Waals surface area (Å²) in [5, 5.41) is 2.97. The lowest BCUT2D eigenvalue weighted by molar-refractivity contribution is -0.129. The third kappa shape index (κ3) is 5.90. The molecule has 1 unspecified atom stereocenters. The average molecular weight is 334 g/mol. The Bertz CT molecular complexity index is 519. The van der Waals surface area contributed by atoms with Crippen LogP contribution in [0.25, 0.3) is 0 Å². The maximum absolute atomic E-state index is 12.2. The Kier molecular flexibility index (Phi) is 6.96. The van der Waals surface area contributed by atoms with E-state index in [1.54, 1.807) is 11.8 Å². The first kappa shape index (κ1) is 17.9. The summed E-state index contributed by atoms with van der Waals surface area (Å²) in [7, 11) is 0. The smallest absolute Gasteiger partial charge is 0.225 e. The van der Waals surface area contributed by atoms with E-state index in [1.165, 1.54) is 4.90 Å². The van der Waals surface area contributed by atoms with Crippen LogP contribution in [-0.2, 0) is 9.59 Å². The molecule has 1 N–H and O–H groups in total. The second-order valence-electron chi connectivity index (χ2n) is 6.40. The summed E-state index contributed by atoms with van der Waals surface area (Å²) in [6.45, 7) is 6.17. The summed E-state index contributed by atoms with van der Waals surface area (Å²) in [4.78, 5) is 27.1. The Morgan fingerprint density at radius 1 is 1.35 bits per heavy atom. The molecule has 1 fully saturated rings. The van der Waals surface area contributed by atoms with Crippen molar-refractivity contribution in [3.63, 3.8) is 0 Å². The van der Waals surface area contributed by atoms with Crippen molar-refractivity contribution in [2.45, 2.75) is 31.6 Å². The van der Waals surface area contributed by atoms with Crippen LogP contribution in [0.5, 0.6) is 0 Å². The predicted molar refractivity (Wildman–Crippen MR) is 94.3 cm³/mol. The van der Waals surface area contributed by atoms with Crippen molar-refractivity contribution in [3.8, 4) is 0 Å². The van der Waals surface area contributed by atoms with Crippen molar-refractivity contribution in [1.82, 2.24) is 10.2 Å². The van der Waals surface area contributed by atoms with Crippen LogP contribution in [0.15, 0.2) is 35.2 Å². The first-order valence-corrected chi connectivity index (χ1v) is 9.28. The molecule has 1 aliphatic rings. The molecule has 1 aromatic rings. The number of benzene rings is 1. The zero-order chi connectivity index (χ0) is 16.7. The first-order valence-electron chi connectivity index (χ1n) is 8.29. The molecule has 1 saturated heterocycles. The zero-order valence-corrected chi connectivity index (χ0v) is 14.8. The normalized spacial score (nSPS) is 17.8. The van der Waals surface area contributed by atoms with Gasteiger partial charge in [-0.05, 0) is 30.2 Å². The number of carbonyl (C=O) groups is 2. The van der Waals surface area contributed by atoms with Gasteiger partial charge in [-0.25, -0.2) is 0 Å². The van der Waals surface area contributed by atoms with Gasteiger partial charge in [0.1, 0.15) is 0 Å². The van der Waals surface area contributed by atoms with Gasteiger partial charge >= 0.3 is 0 Å². The topological polar surface area (TPSA) is 49.4 Å². The number of nitrogens with zero attached hydrogens (tertiary/aromatic N) is 1. The number of thioether (sulfide) groups is 1. The molecular weight excluding hydrogens is 308 g/mol. The van der Waals surface area contributed by atoms with E-state index in [0.29, 0.717) is 25.4 Å². The van der Waals surface area contributed by atoms with Crippen LogP contribution in [-0.4, -0.2) is 42.1 Å². The molecule has 4 nitrogen and oxygen atoms in total. The summed E-state index contributed by atoms with van der Waals surface area (Å²) in [6, 6.07) is 10.3. The molecular formula is C18H26N2O2S. The Balaban J connectivity index is 1.63. The molecule has 126 valence electrons. The van der Waals surface area contributed by atoms with E-state index < -0.39 is 0 Å². The average Bonchev–Trinajstić information content (AvgIpc) is 2.88. The van der Waals surface area contributed by atoms with Crippen LogP contribution >= 0.6 is 11.8 Å². The molecule has 1 heterocycles. The summed E-state index contributed by atoms with van der Waals surface area (Å²) in [5.74, 6) is 1.37. The quantitative estimate of drug-likeness (QED) is 0.587. The molecule has 1 atom stereocenters.